The molecular formula is C14H17ClFN3. The van der Waals surface area contributed by atoms with Crippen molar-refractivity contribution >= 4 is 11.6 Å². The monoisotopic (exact) mass is 281 g/mol. The highest BCUT2D eigenvalue weighted by atomic mass is 35.5. The number of hydrogen-bond donors (Lipinski definition) is 1. The molecule has 0 aliphatic carbocycles. The van der Waals surface area contributed by atoms with E-state index in [4.69, 9.17) is 11.6 Å². The molecule has 1 aromatic heterocycles. The van der Waals surface area contributed by atoms with Crippen LogP contribution in [0.4, 0.5) is 4.39 Å². The second kappa shape index (κ2) is 5.72. The Bertz CT molecular complexity index is 580. The Morgan fingerprint density at radius 2 is 2.21 bits per heavy atom. The first-order valence-corrected chi connectivity index (χ1v) is 6.50. The smallest absolute Gasteiger partial charge is 0.123 e. The standard InChI is InChI=1S/C14H17ClFN3/c1-9-12(8-19(3)18-9)14(17-2)7-10-6-11(16)4-5-13(10)15/h4-6,8,14,17H,7H2,1-3H3. The summed E-state index contributed by atoms with van der Waals surface area (Å²) in [4.78, 5) is 0. The number of aromatic nitrogens is 2. The number of nitrogens with zero attached hydrogens (tertiary/aromatic N) is 2. The molecule has 1 N–H and O–H groups in total. The van der Waals surface area contributed by atoms with Gasteiger partial charge in [0.15, 0.2) is 0 Å². The van der Waals surface area contributed by atoms with Crippen LogP contribution >= 0.6 is 11.6 Å². The van der Waals surface area contributed by atoms with E-state index < -0.39 is 0 Å². The molecule has 2 rings (SSSR count). The molecule has 0 radical (unpaired) electrons. The van der Waals surface area contributed by atoms with Gasteiger partial charge < -0.3 is 5.32 Å². The molecule has 0 saturated carbocycles. The van der Waals surface area contributed by atoms with E-state index >= 15 is 0 Å². The Kier molecular flexibility index (Phi) is 4.22. The van der Waals surface area contributed by atoms with Gasteiger partial charge >= 0.3 is 0 Å². The Morgan fingerprint density at radius 1 is 1.47 bits per heavy atom. The lowest BCUT2D eigenvalue weighted by atomic mass is 9.99. The lowest BCUT2D eigenvalue weighted by Gasteiger charge is -2.16. The number of hydrogen-bond acceptors (Lipinski definition) is 2. The summed E-state index contributed by atoms with van der Waals surface area (Å²) in [5, 5.41) is 8.15. The van der Waals surface area contributed by atoms with Gasteiger partial charge in [-0.3, -0.25) is 4.68 Å². The van der Waals surface area contributed by atoms with Crippen molar-refractivity contribution in [3.05, 3.63) is 52.1 Å². The lowest BCUT2D eigenvalue weighted by molar-refractivity contribution is 0.581. The Labute approximate surface area is 117 Å². The average molecular weight is 282 g/mol. The number of halogens is 2. The van der Waals surface area contributed by atoms with Crippen molar-refractivity contribution in [2.24, 2.45) is 7.05 Å². The second-order valence-corrected chi connectivity index (χ2v) is 5.03. The third kappa shape index (κ3) is 3.14. The second-order valence-electron chi connectivity index (χ2n) is 4.62. The van der Waals surface area contributed by atoms with Gasteiger partial charge in [-0.25, -0.2) is 4.39 Å². The van der Waals surface area contributed by atoms with Crippen LogP contribution in [-0.2, 0) is 13.5 Å². The van der Waals surface area contributed by atoms with Crippen LogP contribution in [0.25, 0.3) is 0 Å². The van der Waals surface area contributed by atoms with Crippen LogP contribution in [0.15, 0.2) is 24.4 Å². The molecule has 102 valence electrons. The number of likely N-dealkylation sites (N-methyl/N-ethyl adjacent to an activating group) is 1. The summed E-state index contributed by atoms with van der Waals surface area (Å²) >= 11 is 6.11. The molecule has 0 aliphatic heterocycles. The van der Waals surface area contributed by atoms with Gasteiger partial charge in [-0.2, -0.15) is 5.10 Å². The summed E-state index contributed by atoms with van der Waals surface area (Å²) < 4.78 is 15.1. The predicted molar refractivity (Wildman–Crippen MR) is 74.9 cm³/mol. The molecule has 1 unspecified atom stereocenters. The van der Waals surface area contributed by atoms with Crippen molar-refractivity contribution in [1.29, 1.82) is 0 Å². The van der Waals surface area contributed by atoms with Crippen LogP contribution in [0, 0.1) is 12.7 Å². The zero-order valence-corrected chi connectivity index (χ0v) is 12.0. The lowest BCUT2D eigenvalue weighted by Crippen LogP contribution is -2.19. The molecule has 1 heterocycles. The number of rotatable bonds is 4. The van der Waals surface area contributed by atoms with Crippen molar-refractivity contribution in [1.82, 2.24) is 15.1 Å². The molecule has 2 aromatic rings. The van der Waals surface area contributed by atoms with E-state index in [0.29, 0.717) is 11.4 Å². The van der Waals surface area contributed by atoms with Crippen molar-refractivity contribution in [2.45, 2.75) is 19.4 Å². The minimum Gasteiger partial charge on any atom is -0.313 e. The zero-order valence-electron chi connectivity index (χ0n) is 11.2. The molecule has 0 amide bonds. The fourth-order valence-electron chi connectivity index (χ4n) is 2.25. The van der Waals surface area contributed by atoms with E-state index in [1.165, 1.54) is 12.1 Å². The fourth-order valence-corrected chi connectivity index (χ4v) is 2.44. The van der Waals surface area contributed by atoms with Crippen molar-refractivity contribution < 1.29 is 4.39 Å². The van der Waals surface area contributed by atoms with Gasteiger partial charge in [0.1, 0.15) is 5.82 Å². The first-order chi connectivity index (χ1) is 9.01. The van der Waals surface area contributed by atoms with Gasteiger partial charge in [0.2, 0.25) is 0 Å². The van der Waals surface area contributed by atoms with Crippen LogP contribution < -0.4 is 5.32 Å². The van der Waals surface area contributed by atoms with Gasteiger partial charge in [-0.1, -0.05) is 11.6 Å². The topological polar surface area (TPSA) is 29.9 Å². The number of nitrogens with one attached hydrogen (secondary N) is 1. The molecular weight excluding hydrogens is 265 g/mol. The van der Waals surface area contributed by atoms with Crippen LogP contribution in [0.5, 0.6) is 0 Å². The maximum absolute atomic E-state index is 13.3. The SMILES string of the molecule is CNC(Cc1cc(F)ccc1Cl)c1cn(C)nc1C. The molecule has 0 fully saturated rings. The van der Waals surface area contributed by atoms with E-state index in [2.05, 4.69) is 10.4 Å². The van der Waals surface area contributed by atoms with Crippen molar-refractivity contribution in [3.8, 4) is 0 Å². The highest BCUT2D eigenvalue weighted by molar-refractivity contribution is 6.31. The van der Waals surface area contributed by atoms with Gasteiger partial charge in [0.05, 0.1) is 5.69 Å². The molecule has 1 atom stereocenters. The van der Waals surface area contributed by atoms with Gasteiger partial charge in [0.25, 0.3) is 0 Å². The van der Waals surface area contributed by atoms with E-state index in [9.17, 15) is 4.39 Å². The number of aryl methyl sites for hydroxylation is 2. The molecule has 0 saturated heterocycles. The predicted octanol–water partition coefficient (Wildman–Crippen LogP) is 3.02. The summed E-state index contributed by atoms with van der Waals surface area (Å²) in [6.45, 7) is 1.97. The Balaban J connectivity index is 2.29. The van der Waals surface area contributed by atoms with E-state index in [-0.39, 0.29) is 11.9 Å². The van der Waals surface area contributed by atoms with Crippen LogP contribution in [-0.4, -0.2) is 16.8 Å². The molecule has 0 aliphatic rings. The minimum absolute atomic E-state index is 0.0630. The number of benzene rings is 1. The van der Waals surface area contributed by atoms with Gasteiger partial charge in [-0.05, 0) is 44.2 Å². The fraction of sp³-hybridized carbons (Fsp3) is 0.357. The summed E-state index contributed by atoms with van der Waals surface area (Å²) in [6.07, 6.45) is 2.60. The molecule has 0 spiro atoms. The molecule has 5 heteroatoms. The van der Waals surface area contributed by atoms with Crippen molar-refractivity contribution in [3.63, 3.8) is 0 Å². The quantitative estimate of drug-likeness (QED) is 0.934. The average Bonchev–Trinajstić information content (AvgIpc) is 2.69. The minimum atomic E-state index is -0.267. The summed E-state index contributed by atoms with van der Waals surface area (Å²) in [6, 6.07) is 4.51. The maximum atomic E-state index is 13.3. The third-order valence-electron chi connectivity index (χ3n) is 3.21. The normalized spacial score (nSPS) is 12.7. The molecule has 19 heavy (non-hydrogen) atoms. The third-order valence-corrected chi connectivity index (χ3v) is 3.58. The molecule has 3 nitrogen and oxygen atoms in total. The Morgan fingerprint density at radius 3 is 2.79 bits per heavy atom. The first-order valence-electron chi connectivity index (χ1n) is 6.12. The van der Waals surface area contributed by atoms with E-state index in [1.54, 1.807) is 10.7 Å². The first kappa shape index (κ1) is 14.0. The summed E-state index contributed by atoms with van der Waals surface area (Å²) in [7, 11) is 3.77. The van der Waals surface area contributed by atoms with E-state index in [0.717, 1.165) is 16.8 Å². The highest BCUT2D eigenvalue weighted by Crippen LogP contribution is 2.25. The van der Waals surface area contributed by atoms with E-state index in [1.807, 2.05) is 27.2 Å². The molecule has 1 aromatic carbocycles. The zero-order chi connectivity index (χ0) is 14.0. The van der Waals surface area contributed by atoms with Gasteiger partial charge in [0, 0.05) is 29.9 Å². The van der Waals surface area contributed by atoms with Crippen LogP contribution in [0.3, 0.4) is 0 Å². The highest BCUT2D eigenvalue weighted by Gasteiger charge is 2.17. The van der Waals surface area contributed by atoms with Crippen molar-refractivity contribution in [2.75, 3.05) is 7.05 Å². The van der Waals surface area contributed by atoms with Crippen LogP contribution in [0.2, 0.25) is 5.02 Å². The Hall–Kier alpha value is -1.39. The maximum Gasteiger partial charge on any atom is 0.123 e. The molecule has 0 bridgehead atoms. The largest absolute Gasteiger partial charge is 0.313 e. The summed E-state index contributed by atoms with van der Waals surface area (Å²) in [5.74, 6) is -0.267. The summed E-state index contributed by atoms with van der Waals surface area (Å²) in [5.41, 5.74) is 2.86. The van der Waals surface area contributed by atoms with Crippen LogP contribution in [0.1, 0.15) is 22.9 Å². The van der Waals surface area contributed by atoms with Gasteiger partial charge in [-0.15, -0.1) is 0 Å².